The molecule has 7 fully saturated rings. The Kier molecular flexibility index (Phi) is 30.4. The molecule has 144 heavy (non-hydrogen) atoms. The number of fused-ring (bicyclic) bond motifs is 3. The Hall–Kier alpha value is -10.5. The van der Waals surface area contributed by atoms with Crippen LogP contribution in [-0.4, -0.2) is 268 Å². The van der Waals surface area contributed by atoms with Crippen LogP contribution >= 0.6 is 55.2 Å². The van der Waals surface area contributed by atoms with Gasteiger partial charge >= 0.3 is 78.0 Å². The zero-order valence-electron chi connectivity index (χ0n) is 73.7. The second-order valence-corrected chi connectivity index (χ2v) is 42.1. The molecule has 10 aromatic heterocycles. The van der Waals surface area contributed by atoms with E-state index in [0.29, 0.717) is 0 Å². The van der Waals surface area contributed by atoms with Crippen LogP contribution < -0.4 is 79.2 Å². The van der Waals surface area contributed by atoms with Crippen LogP contribution in [0.25, 0.3) is 33.5 Å². The molecule has 0 radical (unpaired) electrons. The Morgan fingerprint density at radius 3 is 0.889 bits per heavy atom. The second-order valence-electron chi connectivity index (χ2n) is 33.0. The first-order valence-corrected chi connectivity index (χ1v) is 52.5. The third-order valence-corrected chi connectivity index (χ3v) is 29.6. The molecule has 0 saturated carbocycles. The molecule has 17 rings (SSSR count). The van der Waals surface area contributed by atoms with Gasteiger partial charge in [0.05, 0.1) is 64.7 Å². The normalized spacial score (nSPS) is 29.3. The highest BCUT2D eigenvalue weighted by Gasteiger charge is 2.53. The van der Waals surface area contributed by atoms with Gasteiger partial charge in [0, 0.05) is 85.4 Å². The summed E-state index contributed by atoms with van der Waals surface area (Å²) in [6.07, 6.45) is -30.5. The van der Waals surface area contributed by atoms with Gasteiger partial charge in [-0.05, 0) is 26.0 Å². The van der Waals surface area contributed by atoms with Gasteiger partial charge in [-0.3, -0.25) is 135 Å². The van der Waals surface area contributed by atoms with Gasteiger partial charge in [0.1, 0.15) is 141 Å². The van der Waals surface area contributed by atoms with E-state index >= 15 is 0 Å². The number of nitrogens with zero attached hydrogens (tertiary/aromatic N) is 15. The van der Waals surface area contributed by atoms with Gasteiger partial charge in [-0.1, -0.05) is 0 Å². The lowest BCUT2D eigenvalue weighted by Gasteiger charge is -2.26. The van der Waals surface area contributed by atoms with Crippen molar-refractivity contribution in [3.8, 4) is 0 Å². The topological polar surface area (TPSA) is 966 Å². The summed E-state index contributed by atoms with van der Waals surface area (Å²) in [5.74, 6) is -1.56. The average molecular weight is 2180 g/mol. The number of nitrogens with two attached hydrogens (primary N) is 5. The molecule has 0 aromatic carbocycles. The molecule has 7 aliphatic heterocycles. The number of H-pyrrole nitrogens is 5. The summed E-state index contributed by atoms with van der Waals surface area (Å²) in [6, 6.07) is 2.41. The van der Waals surface area contributed by atoms with Crippen LogP contribution in [0.4, 0.5) is 29.5 Å². The maximum Gasteiger partial charge on any atom is 0.694 e. The van der Waals surface area contributed by atoms with Gasteiger partial charge in [-0.25, -0.2) is 61.5 Å². The molecule has 0 bridgehead atoms. The number of rotatable bonds is 40. The monoisotopic (exact) mass is 2170 g/mol. The number of aromatic amines is 5. The first kappa shape index (κ1) is 105. The number of aromatic nitrogens is 20. The number of phosphoric acid groups is 6. The fraction of sp³-hybridized carbons (Fsp3) is 0.544. The van der Waals surface area contributed by atoms with E-state index in [0.717, 1.165) is 71.0 Å². The maximum atomic E-state index is 14.5. The van der Waals surface area contributed by atoms with E-state index in [-0.39, 0.29) is 74.6 Å². The first-order chi connectivity index (χ1) is 67.9. The highest BCUT2D eigenvalue weighted by Crippen LogP contribution is 2.58. The number of hydrogen-bond acceptors (Lipinski definition) is 50. The zero-order valence-corrected chi connectivity index (χ0v) is 80.0. The van der Waals surface area contributed by atoms with E-state index in [4.69, 9.17) is 121 Å². The number of aliphatic hydroxyl groups excluding tert-OH is 1. The lowest BCUT2D eigenvalue weighted by molar-refractivity contribution is -0.0656. The standard InChI is InChI=1S/C68H86N25O44P7/c1-26-14-89(67(102)85-57(26)95)46-9-31(39(129-46)20-122-144(116,117)137-34-13-50(93-25-76-53-56(93)81-64(73)84-61(53)99)131-41(34)21-123-140(108,109)132-29-11-48(126-36(29)16-118-138(104)105)91-23-74-51-54(91)79-62(71)82-59(51)97)134-142(112,113)120-18-37-30(8-45(127-37)88-6-4-43(70)78-66(88)101)133-141(110,111)121-19-38-32(10-47(128-38)90-15-27(2)58(96)86-68(90)103)135-143(114,115)124-22-40-33(12-49(130-40)92-24-75-52-55(92)80-63(72)83-60(52)98)136-139(106,107)119-17-35-28(94)7-44(125-35)87-5-3-42(69)77-65(87)100/h3-6,14-15,23-25,28-41,44-50,94H,7-13,16-22H2,1-2H3,(H21-,69,70,71,72,73,77,78,79,80,81,82,83,84,85,86,95,96,97,98,99,100,101,102,103,104,105,106,107,108,109,110,111,112,113,114,115,116,117)/p+1/t28-,29-,30-,31-,32-,33-,34-,35+,36+,37+,38+,39+,40+,41+,44+,45+,46+,47+,48+,49+,50+/m1/s1. The average Bonchev–Trinajstić information content (AvgIpc) is 1.62. The van der Waals surface area contributed by atoms with E-state index in [1.54, 1.807) is 0 Å². The third-order valence-electron chi connectivity index (χ3n) is 23.2. The van der Waals surface area contributed by atoms with Gasteiger partial charge in [-0.15, -0.1) is 9.42 Å². The van der Waals surface area contributed by atoms with Crippen LogP contribution in [0.5, 0.6) is 0 Å². The van der Waals surface area contributed by atoms with E-state index in [2.05, 4.69) is 59.8 Å². The fourth-order valence-electron chi connectivity index (χ4n) is 16.5. The summed E-state index contributed by atoms with van der Waals surface area (Å²) >= 11 is 0. The fourth-order valence-corrected chi connectivity index (χ4v) is 22.6. The van der Waals surface area contributed by atoms with Crippen molar-refractivity contribution in [2.75, 3.05) is 74.9 Å². The molecule has 23 N–H and O–H groups in total. The highest BCUT2D eigenvalue weighted by molar-refractivity contribution is 7.48. The van der Waals surface area contributed by atoms with Crippen LogP contribution in [0.15, 0.2) is 99.1 Å². The minimum absolute atomic E-state index is 0.0840. The van der Waals surface area contributed by atoms with Crippen molar-refractivity contribution in [3.63, 3.8) is 0 Å². The predicted octanol–water partition coefficient (Wildman–Crippen LogP) is -3.42. The largest absolute Gasteiger partial charge is 0.694 e. The zero-order chi connectivity index (χ0) is 103. The Morgan fingerprint density at radius 2 is 0.611 bits per heavy atom. The Morgan fingerprint density at radius 1 is 0.361 bits per heavy atom. The molecule has 28 atom stereocenters. The SMILES string of the molecule is Cc1cn([C@@H]2C[C@@H](OP(=O)(O)OC[C@@H]3O[C@H](n4cnc5c(=O)[nH]c(N)nc54)C[C@H]3OP(=O)(O)OC[C@@H]3O[C@H](n4ccc(N)nc4=O)C[C@H]3O)[C@H](COP(=O)(O)O[C@@H]3C[C@@H](n4ccc(N)nc4=O)O[C@H]3COP(=O)(O)O[C@@H]3C[C@@H](n4cc(C)c(=O)[nH]c4=O)O[C@H]3COP(=O)(O)O[C@@H]3C[C@@H](n4cnc5c(=O)[nH]c(N)nc54)O[C@H]3COP(=O)(O)O[C@@H]3C[C@@H](n4cnc5c(=O)[nH]c(N)nc54)O[C@H]3CO[P+](=O)O)O2)c(=O)[nH]c1=O. The highest BCUT2D eigenvalue weighted by atomic mass is 31.2. The minimum Gasteiger partial charge on any atom is -0.390 e. The number of aryl methyl sites for hydroxylation is 2. The van der Waals surface area contributed by atoms with Crippen LogP contribution in [-0.2, 0) is 124 Å². The van der Waals surface area contributed by atoms with Crippen LogP contribution in [0.3, 0.4) is 0 Å². The van der Waals surface area contributed by atoms with Crippen molar-refractivity contribution in [3.05, 3.63) is 161 Å². The summed E-state index contributed by atoms with van der Waals surface area (Å²) in [5.41, 5.74) is 19.1. The third kappa shape index (κ3) is 24.0. The lowest BCUT2D eigenvalue weighted by Crippen LogP contribution is -2.33. The molecule has 17 heterocycles. The van der Waals surface area contributed by atoms with Gasteiger partial charge < -0.3 is 96.3 Å². The quantitative estimate of drug-likeness (QED) is 0.0166. The van der Waals surface area contributed by atoms with Gasteiger partial charge in [0.25, 0.3) is 27.8 Å². The Bertz CT molecular complexity index is 7480. The van der Waals surface area contributed by atoms with Crippen molar-refractivity contribution in [1.29, 1.82) is 0 Å². The molecule has 7 unspecified atom stereocenters. The Labute approximate surface area is 798 Å². The minimum atomic E-state index is -5.78. The summed E-state index contributed by atoms with van der Waals surface area (Å²) in [5, 5.41) is 10.9. The predicted molar refractivity (Wildman–Crippen MR) is 471 cm³/mol. The molecule has 782 valence electrons. The van der Waals surface area contributed by atoms with Crippen LogP contribution in [0.1, 0.15) is 99.7 Å². The molecule has 10 aromatic rings. The maximum absolute atomic E-state index is 14.5. The summed E-state index contributed by atoms with van der Waals surface area (Å²) in [7, 11) is -37.1. The van der Waals surface area contributed by atoms with Crippen LogP contribution in [0, 0.1) is 13.8 Å². The van der Waals surface area contributed by atoms with E-state index in [9.17, 15) is 114 Å². The van der Waals surface area contributed by atoms with Crippen molar-refractivity contribution >= 4 is 118 Å². The number of nitrogens with one attached hydrogen (secondary N) is 5. The molecular weight excluding hydrogens is 2090 g/mol. The number of nitrogen functional groups attached to an aromatic ring is 5. The number of aliphatic hydroxyl groups is 1. The molecular formula is C68H87N25O44P7+. The molecule has 0 spiro atoms. The molecule has 69 nitrogen and oxygen atoms in total. The van der Waals surface area contributed by atoms with Gasteiger partial charge in [0.2, 0.25) is 17.8 Å². The summed E-state index contributed by atoms with van der Waals surface area (Å²) in [6.45, 7) is -4.98. The van der Waals surface area contributed by atoms with Crippen molar-refractivity contribution in [2.45, 2.75) is 188 Å². The van der Waals surface area contributed by atoms with E-state index in [1.807, 2.05) is 4.98 Å². The number of anilines is 5. The number of phosphoric ester groups is 6. The van der Waals surface area contributed by atoms with Crippen molar-refractivity contribution < 1.29 is 163 Å². The molecule has 76 heteroatoms. The van der Waals surface area contributed by atoms with Gasteiger partial charge in [-0.2, -0.15) is 24.9 Å². The van der Waals surface area contributed by atoms with Crippen molar-refractivity contribution in [2.24, 2.45) is 0 Å². The Balaban J connectivity index is 0.577. The molecule has 7 aliphatic rings. The van der Waals surface area contributed by atoms with Crippen LogP contribution in [0.2, 0.25) is 0 Å². The van der Waals surface area contributed by atoms with E-state index < -0.39 is 326 Å². The summed E-state index contributed by atoms with van der Waals surface area (Å²) < 4.78 is 218. The smallest absolute Gasteiger partial charge is 0.390 e. The van der Waals surface area contributed by atoms with Crippen molar-refractivity contribution in [1.82, 2.24) is 96.8 Å². The van der Waals surface area contributed by atoms with E-state index in [1.165, 1.54) is 30.7 Å². The number of ether oxygens (including phenoxy) is 7. The first-order valence-electron chi connectivity index (χ1n) is 42.4. The molecule has 0 amide bonds. The summed E-state index contributed by atoms with van der Waals surface area (Å²) in [4.78, 5) is 238. The van der Waals surface area contributed by atoms with Gasteiger partial charge in [0.15, 0.2) is 33.5 Å². The second kappa shape index (κ2) is 41.7. The molecule has 0 aliphatic carbocycles. The number of hydrogen-bond donors (Lipinski definition) is 18. The molecule has 7 saturated heterocycles. The lowest BCUT2D eigenvalue weighted by atomic mass is 10.2. The number of imidazole rings is 3.